The normalized spacial score (nSPS) is 15.3. The van der Waals surface area contributed by atoms with E-state index in [1.54, 1.807) is 23.8 Å². The molecule has 3 rings (SSSR count). The van der Waals surface area contributed by atoms with Gasteiger partial charge in [0.05, 0.1) is 5.92 Å². The van der Waals surface area contributed by atoms with Crippen molar-refractivity contribution < 1.29 is 19.1 Å². The lowest BCUT2D eigenvalue weighted by Gasteiger charge is -2.32. The number of rotatable bonds is 6. The molecule has 31 heavy (non-hydrogen) atoms. The molecule has 6 nitrogen and oxygen atoms in total. The van der Waals surface area contributed by atoms with Crippen LogP contribution >= 0.6 is 0 Å². The Morgan fingerprint density at radius 1 is 1.03 bits per heavy atom. The molecular weight excluding hydrogens is 392 g/mol. The number of likely N-dealkylation sites (tertiary alicyclic amines) is 1. The summed E-state index contributed by atoms with van der Waals surface area (Å²) in [5, 5.41) is 0. The molecule has 0 radical (unpaired) electrons. The molecule has 0 bridgehead atoms. The van der Waals surface area contributed by atoms with Gasteiger partial charge in [0, 0.05) is 32.2 Å². The van der Waals surface area contributed by atoms with Crippen LogP contribution in [0.25, 0.3) is 0 Å². The van der Waals surface area contributed by atoms with Crippen molar-refractivity contribution in [2.75, 3.05) is 20.1 Å². The van der Waals surface area contributed by atoms with Crippen molar-refractivity contribution >= 4 is 17.8 Å². The van der Waals surface area contributed by atoms with E-state index in [-0.39, 0.29) is 23.7 Å². The topological polar surface area (TPSA) is 66.9 Å². The van der Waals surface area contributed by atoms with Crippen molar-refractivity contribution in [2.45, 2.75) is 39.3 Å². The highest BCUT2D eigenvalue weighted by molar-refractivity contribution is 5.95. The van der Waals surface area contributed by atoms with Crippen molar-refractivity contribution in [2.24, 2.45) is 5.92 Å². The van der Waals surface area contributed by atoms with E-state index in [0.717, 1.165) is 11.1 Å². The minimum absolute atomic E-state index is 0.00370. The Kier molecular flexibility index (Phi) is 7.45. The minimum Gasteiger partial charge on any atom is -0.452 e. The fourth-order valence-electron chi connectivity index (χ4n) is 3.87. The van der Waals surface area contributed by atoms with E-state index in [0.29, 0.717) is 38.0 Å². The molecule has 2 aromatic rings. The summed E-state index contributed by atoms with van der Waals surface area (Å²) in [6.45, 7) is 5.00. The molecule has 1 aliphatic rings. The highest BCUT2D eigenvalue weighted by atomic mass is 16.5. The third kappa shape index (κ3) is 5.72. The molecule has 1 aliphatic heterocycles. The monoisotopic (exact) mass is 422 g/mol. The minimum atomic E-state index is -0.840. The summed E-state index contributed by atoms with van der Waals surface area (Å²) in [6, 6.07) is 17.2. The Hall–Kier alpha value is -3.15. The average Bonchev–Trinajstić information content (AvgIpc) is 2.79. The van der Waals surface area contributed by atoms with Crippen molar-refractivity contribution in [3.8, 4) is 0 Å². The van der Waals surface area contributed by atoms with Crippen LogP contribution in [0.1, 0.15) is 41.3 Å². The van der Waals surface area contributed by atoms with Gasteiger partial charge in [0.25, 0.3) is 11.8 Å². The molecule has 2 amide bonds. The second-order valence-corrected chi connectivity index (χ2v) is 8.14. The average molecular weight is 423 g/mol. The van der Waals surface area contributed by atoms with E-state index in [2.05, 4.69) is 0 Å². The molecule has 1 atom stereocenters. The molecular formula is C25H30N2O4. The number of likely N-dealkylation sites (N-methyl/N-ethyl adjacent to an activating group) is 1. The van der Waals surface area contributed by atoms with Crippen molar-refractivity contribution in [1.29, 1.82) is 0 Å². The van der Waals surface area contributed by atoms with E-state index in [1.165, 1.54) is 0 Å². The number of piperidine rings is 1. The number of esters is 1. The molecule has 2 aromatic carbocycles. The molecule has 6 heteroatoms. The molecule has 1 heterocycles. The van der Waals surface area contributed by atoms with Crippen LogP contribution in [0.4, 0.5) is 0 Å². The first-order valence-corrected chi connectivity index (χ1v) is 10.7. The quantitative estimate of drug-likeness (QED) is 0.669. The van der Waals surface area contributed by atoms with Gasteiger partial charge in [-0.15, -0.1) is 0 Å². The maximum Gasteiger partial charge on any atom is 0.309 e. The van der Waals surface area contributed by atoms with Crippen LogP contribution in [0, 0.1) is 12.8 Å². The van der Waals surface area contributed by atoms with Gasteiger partial charge in [-0.2, -0.15) is 0 Å². The summed E-state index contributed by atoms with van der Waals surface area (Å²) in [5.74, 6) is -0.895. The van der Waals surface area contributed by atoms with Gasteiger partial charge in [-0.05, 0) is 43.9 Å². The van der Waals surface area contributed by atoms with Gasteiger partial charge in [-0.25, -0.2) is 0 Å². The van der Waals surface area contributed by atoms with Gasteiger partial charge < -0.3 is 14.5 Å². The SMILES string of the molecule is Cc1ccccc1C(=O)N1CCC(C(=O)O[C@H](C)C(=O)N(C)Cc2ccccc2)CC1. The van der Waals surface area contributed by atoms with Crippen molar-refractivity contribution in [3.05, 3.63) is 71.3 Å². The molecule has 0 saturated carbocycles. The predicted molar refractivity (Wildman–Crippen MR) is 118 cm³/mol. The summed E-state index contributed by atoms with van der Waals surface area (Å²) in [7, 11) is 1.70. The van der Waals surface area contributed by atoms with Crippen LogP contribution in [0.5, 0.6) is 0 Å². The second kappa shape index (κ2) is 10.2. The van der Waals surface area contributed by atoms with Gasteiger partial charge in [-0.3, -0.25) is 14.4 Å². The summed E-state index contributed by atoms with van der Waals surface area (Å²) in [6.07, 6.45) is 0.238. The number of amides is 2. The van der Waals surface area contributed by atoms with Gasteiger partial charge in [0.2, 0.25) is 0 Å². The molecule has 1 saturated heterocycles. The summed E-state index contributed by atoms with van der Waals surface area (Å²) < 4.78 is 5.48. The number of hydrogen-bond acceptors (Lipinski definition) is 4. The van der Waals surface area contributed by atoms with Crippen LogP contribution in [-0.4, -0.2) is 53.8 Å². The zero-order valence-corrected chi connectivity index (χ0v) is 18.4. The first kappa shape index (κ1) is 22.5. The maximum atomic E-state index is 12.7. The first-order chi connectivity index (χ1) is 14.9. The molecule has 0 unspecified atom stereocenters. The number of aryl methyl sites for hydroxylation is 1. The number of benzene rings is 2. The summed E-state index contributed by atoms with van der Waals surface area (Å²) in [5.41, 5.74) is 2.66. The zero-order valence-electron chi connectivity index (χ0n) is 18.4. The molecule has 0 aliphatic carbocycles. The number of carbonyl (C=O) groups excluding carboxylic acids is 3. The molecule has 1 fully saturated rings. The predicted octanol–water partition coefficient (Wildman–Crippen LogP) is 3.44. The molecule has 0 spiro atoms. The third-order valence-corrected chi connectivity index (χ3v) is 5.77. The molecule has 164 valence electrons. The Balaban J connectivity index is 1.48. The van der Waals surface area contributed by atoms with Gasteiger partial charge in [0.15, 0.2) is 6.10 Å². The number of carbonyl (C=O) groups is 3. The van der Waals surface area contributed by atoms with Crippen LogP contribution in [0.15, 0.2) is 54.6 Å². The van der Waals surface area contributed by atoms with E-state index in [1.807, 2.05) is 61.5 Å². The Morgan fingerprint density at radius 3 is 2.29 bits per heavy atom. The van der Waals surface area contributed by atoms with Crippen LogP contribution in [-0.2, 0) is 20.9 Å². The Labute approximate surface area is 183 Å². The highest BCUT2D eigenvalue weighted by Crippen LogP contribution is 2.22. The Bertz CT molecular complexity index is 920. The van der Waals surface area contributed by atoms with E-state index >= 15 is 0 Å². The van der Waals surface area contributed by atoms with Gasteiger partial charge >= 0.3 is 5.97 Å². The van der Waals surface area contributed by atoms with Crippen molar-refractivity contribution in [1.82, 2.24) is 9.80 Å². The third-order valence-electron chi connectivity index (χ3n) is 5.77. The lowest BCUT2D eigenvalue weighted by atomic mass is 9.96. The smallest absolute Gasteiger partial charge is 0.309 e. The second-order valence-electron chi connectivity index (χ2n) is 8.14. The summed E-state index contributed by atoms with van der Waals surface area (Å²) >= 11 is 0. The summed E-state index contributed by atoms with van der Waals surface area (Å²) in [4.78, 5) is 41.3. The molecule has 0 N–H and O–H groups in total. The largest absolute Gasteiger partial charge is 0.452 e. The van der Waals surface area contributed by atoms with Crippen LogP contribution in [0.3, 0.4) is 0 Å². The van der Waals surface area contributed by atoms with E-state index in [4.69, 9.17) is 4.74 Å². The zero-order chi connectivity index (χ0) is 22.4. The highest BCUT2D eigenvalue weighted by Gasteiger charge is 2.31. The fraction of sp³-hybridized carbons (Fsp3) is 0.400. The van der Waals surface area contributed by atoms with Crippen molar-refractivity contribution in [3.63, 3.8) is 0 Å². The number of nitrogens with zero attached hydrogens (tertiary/aromatic N) is 2. The maximum absolute atomic E-state index is 12.7. The number of ether oxygens (including phenoxy) is 1. The van der Waals surface area contributed by atoms with Gasteiger partial charge in [-0.1, -0.05) is 48.5 Å². The standard InChI is InChI=1S/C25H30N2O4/c1-18-9-7-8-12-22(18)24(29)27-15-13-21(14-16-27)25(30)31-19(2)23(28)26(3)17-20-10-5-4-6-11-20/h4-12,19,21H,13-17H2,1-3H3/t19-/m1/s1. The van der Waals surface area contributed by atoms with Crippen LogP contribution in [0.2, 0.25) is 0 Å². The lowest BCUT2D eigenvalue weighted by molar-refractivity contribution is -0.163. The van der Waals surface area contributed by atoms with E-state index in [9.17, 15) is 14.4 Å². The fourth-order valence-corrected chi connectivity index (χ4v) is 3.87. The van der Waals surface area contributed by atoms with Crippen LogP contribution < -0.4 is 0 Å². The number of hydrogen-bond donors (Lipinski definition) is 0. The Morgan fingerprint density at radius 2 is 1.65 bits per heavy atom. The first-order valence-electron chi connectivity index (χ1n) is 10.7. The lowest BCUT2D eigenvalue weighted by Crippen LogP contribution is -2.42. The molecule has 0 aromatic heterocycles. The van der Waals surface area contributed by atoms with E-state index < -0.39 is 6.10 Å². The van der Waals surface area contributed by atoms with Gasteiger partial charge in [0.1, 0.15) is 0 Å².